The molecule has 0 radical (unpaired) electrons. The van der Waals surface area contributed by atoms with Crippen molar-refractivity contribution in [3.8, 4) is 0 Å². The van der Waals surface area contributed by atoms with Crippen molar-refractivity contribution in [1.82, 2.24) is 0 Å². The molecule has 0 saturated heterocycles. The largest absolute Gasteiger partial charge is 0.397 e. The zero-order valence-electron chi connectivity index (χ0n) is 13.2. The summed E-state index contributed by atoms with van der Waals surface area (Å²) in [6.07, 6.45) is 7.92. The highest BCUT2D eigenvalue weighted by Gasteiger charge is 2.34. The van der Waals surface area contributed by atoms with Crippen LogP contribution in [-0.2, 0) is 17.7 Å². The lowest BCUT2D eigenvalue weighted by Crippen LogP contribution is -2.39. The molecule has 0 N–H and O–H groups in total. The van der Waals surface area contributed by atoms with Gasteiger partial charge in [0.1, 0.15) is 0 Å². The predicted octanol–water partition coefficient (Wildman–Crippen LogP) is 3.38. The van der Waals surface area contributed by atoms with E-state index >= 15 is 0 Å². The predicted molar refractivity (Wildman–Crippen MR) is 88.3 cm³/mol. The van der Waals surface area contributed by atoms with Gasteiger partial charge < -0.3 is 17.7 Å². The van der Waals surface area contributed by atoms with Gasteiger partial charge >= 0.3 is 17.1 Å². The Morgan fingerprint density at radius 3 is 1.15 bits per heavy atom. The van der Waals surface area contributed by atoms with Crippen LogP contribution >= 0.6 is 0 Å². The van der Waals surface area contributed by atoms with Crippen molar-refractivity contribution in [3.63, 3.8) is 0 Å². The highest BCUT2D eigenvalue weighted by molar-refractivity contribution is 6.69. The minimum atomic E-state index is -2.17. The molecule has 20 heavy (non-hydrogen) atoms. The summed E-state index contributed by atoms with van der Waals surface area (Å²) in [6, 6.07) is 3.12. The maximum atomic E-state index is 5.59. The third-order valence-corrected chi connectivity index (χ3v) is 9.94. The fourth-order valence-corrected chi connectivity index (χ4v) is 5.90. The van der Waals surface area contributed by atoms with E-state index in [9.17, 15) is 0 Å². The van der Waals surface area contributed by atoms with E-state index in [1.165, 1.54) is 0 Å². The summed E-state index contributed by atoms with van der Waals surface area (Å²) in [4.78, 5) is 0. The summed E-state index contributed by atoms with van der Waals surface area (Å²) in [6.45, 7) is 7.53. The molecule has 0 aromatic carbocycles. The van der Waals surface area contributed by atoms with E-state index in [-0.39, 0.29) is 0 Å². The van der Waals surface area contributed by atoms with Crippen molar-refractivity contribution in [3.05, 3.63) is 37.5 Å². The molecule has 0 aromatic rings. The molecule has 6 heteroatoms. The molecule has 0 aliphatic heterocycles. The number of hydrogen-bond donors (Lipinski definition) is 0. The molecule has 0 rings (SSSR count). The molecule has 4 nitrogen and oxygen atoms in total. The van der Waals surface area contributed by atoms with Crippen molar-refractivity contribution in [2.75, 3.05) is 28.4 Å². The van der Waals surface area contributed by atoms with Gasteiger partial charge in [-0.25, -0.2) is 0 Å². The Morgan fingerprint density at radius 1 is 0.650 bits per heavy atom. The number of hydrogen-bond acceptors (Lipinski definition) is 4. The fourth-order valence-electron chi connectivity index (χ4n) is 1.97. The normalized spacial score (nSPS) is 12.8. The summed E-state index contributed by atoms with van der Waals surface area (Å²) in [5.74, 6) is 0. The molecule has 0 atom stereocenters. The first-order valence-electron chi connectivity index (χ1n) is 6.65. The smallest absolute Gasteiger partial charge is 0.345 e. The lowest BCUT2D eigenvalue weighted by Gasteiger charge is -2.26. The minimum absolute atomic E-state index is 0.772. The van der Waals surface area contributed by atoms with Crippen LogP contribution in [0.3, 0.4) is 0 Å². The van der Waals surface area contributed by atoms with Gasteiger partial charge in [0.15, 0.2) is 0 Å². The number of allylic oxidation sites excluding steroid dienone is 4. The van der Waals surface area contributed by atoms with Crippen LogP contribution in [0.5, 0.6) is 0 Å². The monoisotopic (exact) mass is 316 g/mol. The Bertz CT molecular complexity index is 280. The third-order valence-electron chi connectivity index (χ3n) is 3.42. The summed E-state index contributed by atoms with van der Waals surface area (Å²) >= 11 is 0. The molecular formula is C14H28O4Si2. The first kappa shape index (κ1) is 19.5. The van der Waals surface area contributed by atoms with Gasteiger partial charge in [0.25, 0.3) is 0 Å². The summed E-state index contributed by atoms with van der Waals surface area (Å²) in [5, 5.41) is 0. The maximum absolute atomic E-state index is 5.59. The van der Waals surface area contributed by atoms with Crippen molar-refractivity contribution in [2.45, 2.75) is 24.2 Å². The van der Waals surface area contributed by atoms with Crippen molar-refractivity contribution in [1.29, 1.82) is 0 Å². The molecule has 0 spiro atoms. The fraction of sp³-hybridized carbons (Fsp3) is 0.571. The van der Waals surface area contributed by atoms with E-state index in [2.05, 4.69) is 25.3 Å². The van der Waals surface area contributed by atoms with Gasteiger partial charge in [0.2, 0.25) is 0 Å². The SMILES string of the molecule is C=CC[Si](CC=CC[Si](CC=C)(OC)OC)(OC)OC. The quantitative estimate of drug-likeness (QED) is 0.408. The second kappa shape index (κ2) is 10.3. The molecule has 0 aromatic heterocycles. The van der Waals surface area contributed by atoms with Crippen LogP contribution in [0.25, 0.3) is 0 Å². The van der Waals surface area contributed by atoms with Gasteiger partial charge in [-0.05, 0) is 0 Å². The summed E-state index contributed by atoms with van der Waals surface area (Å²) in [5.41, 5.74) is 0. The topological polar surface area (TPSA) is 36.9 Å². The van der Waals surface area contributed by atoms with Crippen molar-refractivity contribution in [2.24, 2.45) is 0 Å². The lowest BCUT2D eigenvalue weighted by atomic mass is 10.6. The van der Waals surface area contributed by atoms with Gasteiger partial charge in [0, 0.05) is 52.6 Å². The zero-order valence-corrected chi connectivity index (χ0v) is 15.2. The summed E-state index contributed by atoms with van der Waals surface area (Å²) in [7, 11) is 2.47. The average molecular weight is 317 g/mol. The molecular weight excluding hydrogens is 288 g/mol. The van der Waals surface area contributed by atoms with E-state index in [1.807, 2.05) is 12.2 Å². The first-order valence-corrected chi connectivity index (χ1v) is 11.1. The van der Waals surface area contributed by atoms with Crippen molar-refractivity contribution < 1.29 is 17.7 Å². The second-order valence-electron chi connectivity index (χ2n) is 4.50. The van der Waals surface area contributed by atoms with Crippen LogP contribution in [0.15, 0.2) is 37.5 Å². The Hall–Kier alpha value is -0.506. The van der Waals surface area contributed by atoms with Crippen LogP contribution in [0.2, 0.25) is 24.2 Å². The maximum Gasteiger partial charge on any atom is 0.345 e. The van der Waals surface area contributed by atoms with E-state index in [4.69, 9.17) is 17.7 Å². The van der Waals surface area contributed by atoms with Crippen LogP contribution in [0.4, 0.5) is 0 Å². The van der Waals surface area contributed by atoms with E-state index < -0.39 is 17.1 Å². The van der Waals surface area contributed by atoms with Gasteiger partial charge in [0.05, 0.1) is 0 Å². The molecule has 0 fully saturated rings. The average Bonchev–Trinajstić information content (AvgIpc) is 2.49. The molecule has 0 aliphatic rings. The molecule has 0 heterocycles. The van der Waals surface area contributed by atoms with Crippen LogP contribution in [0, 0.1) is 0 Å². The van der Waals surface area contributed by atoms with Gasteiger partial charge in [-0.3, -0.25) is 0 Å². The minimum Gasteiger partial charge on any atom is -0.397 e. The molecule has 0 saturated carbocycles. The number of rotatable bonds is 12. The van der Waals surface area contributed by atoms with Gasteiger partial charge in [-0.1, -0.05) is 24.3 Å². The van der Waals surface area contributed by atoms with Crippen LogP contribution in [0.1, 0.15) is 0 Å². The van der Waals surface area contributed by atoms with Crippen molar-refractivity contribution >= 4 is 17.1 Å². The van der Waals surface area contributed by atoms with Gasteiger partial charge in [-0.2, -0.15) is 0 Å². The molecule has 0 unspecified atom stereocenters. The van der Waals surface area contributed by atoms with Crippen LogP contribution < -0.4 is 0 Å². The highest BCUT2D eigenvalue weighted by atomic mass is 28.4. The first-order chi connectivity index (χ1) is 9.57. The lowest BCUT2D eigenvalue weighted by molar-refractivity contribution is 0.247. The highest BCUT2D eigenvalue weighted by Crippen LogP contribution is 2.21. The third kappa shape index (κ3) is 5.86. The van der Waals surface area contributed by atoms with Crippen LogP contribution in [-0.4, -0.2) is 45.6 Å². The summed E-state index contributed by atoms with van der Waals surface area (Å²) < 4.78 is 22.3. The van der Waals surface area contributed by atoms with E-state index in [1.54, 1.807) is 28.4 Å². The van der Waals surface area contributed by atoms with E-state index in [0.717, 1.165) is 24.2 Å². The molecule has 0 aliphatic carbocycles. The zero-order chi connectivity index (χ0) is 15.5. The standard InChI is InChI=1S/C14H28O4Si2/c1-7-11-19(15-3,16-4)13-9-10-14-20(17-5,18-6)12-8-2/h7-10H,1-2,11-14H2,3-6H3. The Balaban J connectivity index is 4.62. The molecule has 0 bridgehead atoms. The Morgan fingerprint density at radius 2 is 0.950 bits per heavy atom. The molecule has 0 amide bonds. The Labute approximate surface area is 125 Å². The Kier molecular flexibility index (Phi) is 9.99. The molecule has 116 valence electrons. The second-order valence-corrected chi connectivity index (χ2v) is 11.4. The van der Waals surface area contributed by atoms with E-state index in [0.29, 0.717) is 0 Å². The van der Waals surface area contributed by atoms with Gasteiger partial charge in [-0.15, -0.1) is 13.2 Å².